The van der Waals surface area contributed by atoms with Crippen molar-refractivity contribution in [3.8, 4) is 0 Å². The number of nitrogens with zero attached hydrogens (tertiary/aromatic N) is 1. The molecule has 0 unspecified atom stereocenters. The summed E-state index contributed by atoms with van der Waals surface area (Å²) >= 11 is 1.49. The smallest absolute Gasteiger partial charge is 0.134 e. The SMILES string of the molecule is Cc1nc(C[O])sc1C. The molecule has 49 valence electrons. The number of aryl methyl sites for hydroxylation is 2. The minimum Gasteiger partial charge on any atom is -0.244 e. The maximum absolute atomic E-state index is 10.2. The van der Waals surface area contributed by atoms with Gasteiger partial charge in [-0.1, -0.05) is 0 Å². The molecule has 1 aromatic rings. The van der Waals surface area contributed by atoms with E-state index in [1.54, 1.807) is 0 Å². The summed E-state index contributed by atoms with van der Waals surface area (Å²) in [6, 6.07) is 0. The average Bonchev–Trinajstić information content (AvgIpc) is 2.13. The van der Waals surface area contributed by atoms with Crippen molar-refractivity contribution in [3.63, 3.8) is 0 Å². The van der Waals surface area contributed by atoms with Crippen molar-refractivity contribution < 1.29 is 5.11 Å². The first-order chi connectivity index (χ1) is 4.24. The monoisotopic (exact) mass is 142 g/mol. The fourth-order valence-electron chi connectivity index (χ4n) is 0.601. The molecule has 0 fully saturated rings. The molecule has 1 heterocycles. The molecule has 0 spiro atoms. The van der Waals surface area contributed by atoms with Crippen LogP contribution in [0.3, 0.4) is 0 Å². The van der Waals surface area contributed by atoms with Gasteiger partial charge in [0.15, 0.2) is 0 Å². The third-order valence-corrected chi connectivity index (χ3v) is 2.24. The van der Waals surface area contributed by atoms with Crippen LogP contribution in [0.2, 0.25) is 0 Å². The lowest BCUT2D eigenvalue weighted by Gasteiger charge is -1.78. The molecule has 1 aromatic heterocycles. The quantitative estimate of drug-likeness (QED) is 0.587. The molecule has 0 N–H and O–H groups in total. The summed E-state index contributed by atoms with van der Waals surface area (Å²) in [5.74, 6) is 0. The first-order valence-corrected chi connectivity index (χ1v) is 3.56. The molecule has 0 amide bonds. The van der Waals surface area contributed by atoms with E-state index in [0.717, 1.165) is 10.6 Å². The van der Waals surface area contributed by atoms with Gasteiger partial charge < -0.3 is 0 Å². The molecule has 3 heteroatoms. The summed E-state index contributed by atoms with van der Waals surface area (Å²) in [7, 11) is 0. The van der Waals surface area contributed by atoms with Crippen molar-refractivity contribution >= 4 is 11.3 Å². The second kappa shape index (κ2) is 2.45. The first kappa shape index (κ1) is 6.71. The van der Waals surface area contributed by atoms with Gasteiger partial charge >= 0.3 is 0 Å². The highest BCUT2D eigenvalue weighted by atomic mass is 32.1. The van der Waals surface area contributed by atoms with Crippen LogP contribution in [0.4, 0.5) is 0 Å². The number of rotatable bonds is 1. The van der Waals surface area contributed by atoms with Crippen LogP contribution in [0.15, 0.2) is 0 Å². The Kier molecular flexibility index (Phi) is 1.83. The van der Waals surface area contributed by atoms with Gasteiger partial charge in [-0.3, -0.25) is 0 Å². The number of thiazole rings is 1. The Morgan fingerprint density at radius 2 is 2.22 bits per heavy atom. The number of hydrogen-bond donors (Lipinski definition) is 0. The molecule has 1 rings (SSSR count). The summed E-state index contributed by atoms with van der Waals surface area (Å²) in [6.07, 6.45) is 0. The summed E-state index contributed by atoms with van der Waals surface area (Å²) < 4.78 is 0. The highest BCUT2D eigenvalue weighted by Gasteiger charge is 2.00. The lowest BCUT2D eigenvalue weighted by Crippen LogP contribution is -1.77. The Hall–Kier alpha value is -0.410. The summed E-state index contributed by atoms with van der Waals surface area (Å²) in [5.41, 5.74) is 0.992. The Morgan fingerprint density at radius 3 is 2.44 bits per heavy atom. The van der Waals surface area contributed by atoms with Gasteiger partial charge in [-0.15, -0.1) is 11.3 Å². The van der Waals surface area contributed by atoms with Crippen LogP contribution in [-0.2, 0) is 11.7 Å². The van der Waals surface area contributed by atoms with Gasteiger partial charge in [0, 0.05) is 4.88 Å². The summed E-state index contributed by atoms with van der Waals surface area (Å²) in [6.45, 7) is 3.72. The topological polar surface area (TPSA) is 32.8 Å². The highest BCUT2D eigenvalue weighted by molar-refractivity contribution is 7.11. The average molecular weight is 142 g/mol. The zero-order valence-corrected chi connectivity index (χ0v) is 6.29. The minimum absolute atomic E-state index is 0.181. The van der Waals surface area contributed by atoms with Crippen molar-refractivity contribution in [1.82, 2.24) is 4.98 Å². The first-order valence-electron chi connectivity index (χ1n) is 2.75. The van der Waals surface area contributed by atoms with Gasteiger partial charge in [-0.05, 0) is 13.8 Å². The van der Waals surface area contributed by atoms with Crippen LogP contribution >= 0.6 is 11.3 Å². The lowest BCUT2D eigenvalue weighted by atomic mass is 10.4. The van der Waals surface area contributed by atoms with Crippen LogP contribution in [0, 0.1) is 13.8 Å². The lowest BCUT2D eigenvalue weighted by molar-refractivity contribution is 0.177. The van der Waals surface area contributed by atoms with Gasteiger partial charge in [0.2, 0.25) is 0 Å². The van der Waals surface area contributed by atoms with E-state index in [0.29, 0.717) is 5.01 Å². The van der Waals surface area contributed by atoms with E-state index >= 15 is 0 Å². The Morgan fingerprint density at radius 1 is 1.56 bits per heavy atom. The second-order valence-corrected chi connectivity index (χ2v) is 3.18. The molecule has 0 bridgehead atoms. The minimum atomic E-state index is -0.181. The van der Waals surface area contributed by atoms with E-state index in [9.17, 15) is 5.11 Å². The molecule has 1 radical (unpaired) electrons. The molecular formula is C6H8NOS. The largest absolute Gasteiger partial charge is 0.244 e. The van der Waals surface area contributed by atoms with Crippen LogP contribution < -0.4 is 0 Å². The van der Waals surface area contributed by atoms with Gasteiger partial charge in [-0.2, -0.15) is 0 Å². The molecule has 0 saturated carbocycles. The summed E-state index contributed by atoms with van der Waals surface area (Å²) in [4.78, 5) is 5.19. The Labute approximate surface area is 58.2 Å². The maximum atomic E-state index is 10.2. The van der Waals surface area contributed by atoms with Crippen molar-refractivity contribution in [2.75, 3.05) is 0 Å². The molecule has 9 heavy (non-hydrogen) atoms. The fraction of sp³-hybridized carbons (Fsp3) is 0.500. The molecule has 0 aliphatic heterocycles. The number of hydrogen-bond acceptors (Lipinski definition) is 2. The zero-order chi connectivity index (χ0) is 6.85. The van der Waals surface area contributed by atoms with Gasteiger partial charge in [0.25, 0.3) is 0 Å². The van der Waals surface area contributed by atoms with Crippen LogP contribution in [-0.4, -0.2) is 4.98 Å². The third kappa shape index (κ3) is 1.28. The maximum Gasteiger partial charge on any atom is 0.134 e. The van der Waals surface area contributed by atoms with Crippen molar-refractivity contribution in [2.24, 2.45) is 0 Å². The molecule has 0 aliphatic carbocycles. The predicted octanol–water partition coefficient (Wildman–Crippen LogP) is 1.69. The van der Waals surface area contributed by atoms with Crippen LogP contribution in [0.1, 0.15) is 15.6 Å². The highest BCUT2D eigenvalue weighted by Crippen LogP contribution is 2.15. The molecule has 0 aromatic carbocycles. The van der Waals surface area contributed by atoms with Crippen molar-refractivity contribution in [3.05, 3.63) is 15.6 Å². The van der Waals surface area contributed by atoms with Crippen molar-refractivity contribution in [1.29, 1.82) is 0 Å². The normalized spacial score (nSPS) is 10.1. The molecule has 0 saturated heterocycles. The van der Waals surface area contributed by atoms with E-state index in [2.05, 4.69) is 4.98 Å². The van der Waals surface area contributed by atoms with E-state index in [4.69, 9.17) is 0 Å². The zero-order valence-electron chi connectivity index (χ0n) is 5.47. The standard InChI is InChI=1S/C6H8NOS/c1-4-5(2)9-6(3-8)7-4/h3H2,1-2H3. The van der Waals surface area contributed by atoms with E-state index in [1.807, 2.05) is 13.8 Å². The van der Waals surface area contributed by atoms with Crippen LogP contribution in [0.25, 0.3) is 0 Å². The van der Waals surface area contributed by atoms with E-state index in [-0.39, 0.29) is 6.61 Å². The summed E-state index contributed by atoms with van der Waals surface area (Å²) in [5, 5.41) is 10.9. The Bertz CT molecular complexity index is 187. The van der Waals surface area contributed by atoms with Gasteiger partial charge in [-0.25, -0.2) is 10.1 Å². The second-order valence-electron chi connectivity index (χ2n) is 1.89. The Balaban J connectivity index is 2.98. The predicted molar refractivity (Wildman–Crippen MR) is 36.0 cm³/mol. The molecule has 0 aliphatic rings. The molecule has 2 nitrogen and oxygen atoms in total. The van der Waals surface area contributed by atoms with E-state index < -0.39 is 0 Å². The van der Waals surface area contributed by atoms with Crippen molar-refractivity contribution in [2.45, 2.75) is 20.5 Å². The molecule has 0 atom stereocenters. The fourth-order valence-corrected chi connectivity index (χ4v) is 1.39. The number of aromatic nitrogens is 1. The van der Waals surface area contributed by atoms with Crippen LogP contribution in [0.5, 0.6) is 0 Å². The third-order valence-electron chi connectivity index (χ3n) is 1.20. The van der Waals surface area contributed by atoms with Gasteiger partial charge in [0.05, 0.1) is 5.69 Å². The van der Waals surface area contributed by atoms with Gasteiger partial charge in [0.1, 0.15) is 11.6 Å². The molecular weight excluding hydrogens is 134 g/mol. The van der Waals surface area contributed by atoms with E-state index in [1.165, 1.54) is 11.3 Å².